The van der Waals surface area contributed by atoms with E-state index in [1.165, 1.54) is 12.1 Å². The van der Waals surface area contributed by atoms with E-state index in [9.17, 15) is 18.0 Å². The second-order valence-corrected chi connectivity index (χ2v) is 6.10. The molecule has 0 N–H and O–H groups in total. The van der Waals surface area contributed by atoms with Crippen LogP contribution < -0.4 is 9.47 Å². The standard InChI is InChI=1S/C21H20F3NO4/c1-4-6-16(5-2)29-20(26)14(3)27-17-8-10-18(11-9-17)28-19-12-7-15(13-25-19)21(22,23)24/h2,7-14,16H,4,6H2,1,3H3. The largest absolute Gasteiger partial charge is 0.479 e. The maximum absolute atomic E-state index is 12.5. The summed E-state index contributed by atoms with van der Waals surface area (Å²) in [5, 5.41) is 0. The van der Waals surface area contributed by atoms with Crippen LogP contribution in [0.1, 0.15) is 32.3 Å². The lowest BCUT2D eigenvalue weighted by atomic mass is 10.2. The number of carbonyl (C=O) groups is 1. The summed E-state index contributed by atoms with van der Waals surface area (Å²) in [5.41, 5.74) is -0.861. The Morgan fingerprint density at radius 1 is 1.17 bits per heavy atom. The van der Waals surface area contributed by atoms with E-state index in [4.69, 9.17) is 20.6 Å². The van der Waals surface area contributed by atoms with Gasteiger partial charge >= 0.3 is 12.1 Å². The number of esters is 1. The predicted molar refractivity (Wildman–Crippen MR) is 99.5 cm³/mol. The van der Waals surface area contributed by atoms with Crippen LogP contribution in [-0.2, 0) is 15.7 Å². The molecule has 0 radical (unpaired) electrons. The van der Waals surface area contributed by atoms with Crippen LogP contribution in [0.25, 0.3) is 0 Å². The lowest BCUT2D eigenvalue weighted by molar-refractivity contribution is -0.154. The van der Waals surface area contributed by atoms with Crippen molar-refractivity contribution in [3.05, 3.63) is 48.2 Å². The van der Waals surface area contributed by atoms with E-state index in [2.05, 4.69) is 10.9 Å². The van der Waals surface area contributed by atoms with Gasteiger partial charge in [-0.05, 0) is 43.7 Å². The zero-order chi connectivity index (χ0) is 21.4. The fraction of sp³-hybridized carbons (Fsp3) is 0.333. The molecule has 0 aliphatic carbocycles. The molecule has 5 nitrogen and oxygen atoms in total. The molecule has 0 amide bonds. The minimum Gasteiger partial charge on any atom is -0.479 e. The highest BCUT2D eigenvalue weighted by Gasteiger charge is 2.30. The smallest absolute Gasteiger partial charge is 0.417 e. The summed E-state index contributed by atoms with van der Waals surface area (Å²) in [7, 11) is 0. The molecule has 2 aromatic rings. The van der Waals surface area contributed by atoms with Gasteiger partial charge in [0.15, 0.2) is 12.2 Å². The van der Waals surface area contributed by atoms with Gasteiger partial charge in [-0.2, -0.15) is 13.2 Å². The molecule has 154 valence electrons. The van der Waals surface area contributed by atoms with Crippen LogP contribution in [0.2, 0.25) is 0 Å². The molecule has 1 aromatic heterocycles. The van der Waals surface area contributed by atoms with Crippen LogP contribution in [-0.4, -0.2) is 23.2 Å². The van der Waals surface area contributed by atoms with Gasteiger partial charge < -0.3 is 14.2 Å². The number of ether oxygens (including phenoxy) is 3. The van der Waals surface area contributed by atoms with Crippen LogP contribution in [0.4, 0.5) is 13.2 Å². The van der Waals surface area contributed by atoms with E-state index in [1.54, 1.807) is 19.1 Å². The van der Waals surface area contributed by atoms with Crippen LogP contribution in [0, 0.1) is 12.3 Å². The van der Waals surface area contributed by atoms with Crippen molar-refractivity contribution in [2.75, 3.05) is 0 Å². The first-order chi connectivity index (χ1) is 13.7. The van der Waals surface area contributed by atoms with Gasteiger partial charge in [0.1, 0.15) is 11.5 Å². The lowest BCUT2D eigenvalue weighted by Gasteiger charge is -2.17. The van der Waals surface area contributed by atoms with Gasteiger partial charge in [-0.1, -0.05) is 19.3 Å². The van der Waals surface area contributed by atoms with E-state index < -0.39 is 29.9 Å². The number of pyridine rings is 1. The molecule has 29 heavy (non-hydrogen) atoms. The zero-order valence-electron chi connectivity index (χ0n) is 15.9. The van der Waals surface area contributed by atoms with Crippen molar-refractivity contribution in [3.63, 3.8) is 0 Å². The van der Waals surface area contributed by atoms with Crippen LogP contribution >= 0.6 is 0 Å². The summed E-state index contributed by atoms with van der Waals surface area (Å²) >= 11 is 0. The van der Waals surface area contributed by atoms with Crippen molar-refractivity contribution in [3.8, 4) is 29.7 Å². The highest BCUT2D eigenvalue weighted by molar-refractivity contribution is 5.75. The summed E-state index contributed by atoms with van der Waals surface area (Å²) in [6, 6.07) is 8.18. The van der Waals surface area contributed by atoms with Gasteiger partial charge in [0, 0.05) is 12.3 Å². The van der Waals surface area contributed by atoms with E-state index in [0.717, 1.165) is 18.6 Å². The number of benzene rings is 1. The van der Waals surface area contributed by atoms with Crippen molar-refractivity contribution < 1.29 is 32.2 Å². The zero-order valence-corrected chi connectivity index (χ0v) is 15.9. The van der Waals surface area contributed by atoms with E-state index >= 15 is 0 Å². The third-order valence-electron chi connectivity index (χ3n) is 3.75. The minimum atomic E-state index is -4.46. The quantitative estimate of drug-likeness (QED) is 0.455. The summed E-state index contributed by atoms with van der Waals surface area (Å²) in [5.74, 6) is 2.58. The van der Waals surface area contributed by atoms with Gasteiger partial charge in [0.2, 0.25) is 5.88 Å². The summed E-state index contributed by atoms with van der Waals surface area (Å²) in [4.78, 5) is 15.7. The summed E-state index contributed by atoms with van der Waals surface area (Å²) in [6.45, 7) is 3.47. The highest BCUT2D eigenvalue weighted by Crippen LogP contribution is 2.30. The van der Waals surface area contributed by atoms with Gasteiger partial charge in [0.05, 0.1) is 5.56 Å². The molecule has 8 heteroatoms. The van der Waals surface area contributed by atoms with Crippen molar-refractivity contribution in [2.24, 2.45) is 0 Å². The molecule has 0 fully saturated rings. The number of alkyl halides is 3. The number of halogens is 3. The molecule has 0 saturated heterocycles. The summed E-state index contributed by atoms with van der Waals surface area (Å²) in [6.07, 6.45) is 1.46. The highest BCUT2D eigenvalue weighted by atomic mass is 19.4. The Labute approximate surface area is 166 Å². The topological polar surface area (TPSA) is 57.7 Å². The molecule has 0 aliphatic heterocycles. The molecule has 0 saturated carbocycles. The first kappa shape index (κ1) is 22.1. The molecular formula is C21H20F3NO4. The minimum absolute atomic E-state index is 0.0138. The van der Waals surface area contributed by atoms with Gasteiger partial charge in [-0.3, -0.25) is 0 Å². The van der Waals surface area contributed by atoms with Crippen molar-refractivity contribution in [2.45, 2.75) is 45.1 Å². The molecule has 1 aromatic carbocycles. The van der Waals surface area contributed by atoms with E-state index in [0.29, 0.717) is 24.1 Å². The van der Waals surface area contributed by atoms with E-state index in [1.807, 2.05) is 6.92 Å². The molecule has 1 heterocycles. The Hall–Kier alpha value is -3.21. The number of aromatic nitrogens is 1. The second-order valence-electron chi connectivity index (χ2n) is 6.10. The Bertz CT molecular complexity index is 842. The first-order valence-electron chi connectivity index (χ1n) is 8.87. The molecule has 0 spiro atoms. The Balaban J connectivity index is 1.93. The Morgan fingerprint density at radius 2 is 1.83 bits per heavy atom. The molecule has 2 atom stereocenters. The number of terminal acetylenes is 1. The van der Waals surface area contributed by atoms with Crippen molar-refractivity contribution in [1.82, 2.24) is 4.98 Å². The summed E-state index contributed by atoms with van der Waals surface area (Å²) < 4.78 is 53.7. The normalized spacial score (nSPS) is 13.1. The average Bonchev–Trinajstić information content (AvgIpc) is 2.68. The first-order valence-corrected chi connectivity index (χ1v) is 8.87. The van der Waals surface area contributed by atoms with Gasteiger partial charge in [-0.15, -0.1) is 6.42 Å². The molecule has 0 bridgehead atoms. The molecule has 2 unspecified atom stereocenters. The van der Waals surface area contributed by atoms with E-state index in [-0.39, 0.29) is 5.88 Å². The van der Waals surface area contributed by atoms with Crippen molar-refractivity contribution in [1.29, 1.82) is 0 Å². The number of hydrogen-bond acceptors (Lipinski definition) is 5. The fourth-order valence-corrected chi connectivity index (χ4v) is 2.24. The SMILES string of the molecule is C#CC(CCC)OC(=O)C(C)Oc1ccc(Oc2ccc(C(F)(F)F)cn2)cc1. The number of nitrogens with zero attached hydrogens (tertiary/aromatic N) is 1. The Kier molecular flexibility index (Phi) is 7.48. The van der Waals surface area contributed by atoms with Crippen LogP contribution in [0.3, 0.4) is 0 Å². The molecular weight excluding hydrogens is 387 g/mol. The third kappa shape index (κ3) is 6.71. The Morgan fingerprint density at radius 3 is 2.34 bits per heavy atom. The van der Waals surface area contributed by atoms with Crippen LogP contribution in [0.15, 0.2) is 42.6 Å². The average molecular weight is 407 g/mol. The fourth-order valence-electron chi connectivity index (χ4n) is 2.24. The predicted octanol–water partition coefficient (Wildman–Crippen LogP) is 5.01. The number of rotatable bonds is 8. The van der Waals surface area contributed by atoms with Gasteiger partial charge in [0.25, 0.3) is 0 Å². The van der Waals surface area contributed by atoms with Crippen LogP contribution in [0.5, 0.6) is 17.4 Å². The monoisotopic (exact) mass is 407 g/mol. The van der Waals surface area contributed by atoms with Gasteiger partial charge in [-0.25, -0.2) is 9.78 Å². The van der Waals surface area contributed by atoms with Crippen molar-refractivity contribution >= 4 is 5.97 Å². The molecule has 0 aliphatic rings. The number of hydrogen-bond donors (Lipinski definition) is 0. The maximum Gasteiger partial charge on any atom is 0.417 e. The maximum atomic E-state index is 12.5. The molecule has 2 rings (SSSR count). The second kappa shape index (κ2) is 9.82. The lowest BCUT2D eigenvalue weighted by Crippen LogP contribution is -2.29. The number of carbonyl (C=O) groups excluding carboxylic acids is 1. The third-order valence-corrected chi connectivity index (χ3v) is 3.75.